The summed E-state index contributed by atoms with van der Waals surface area (Å²) in [5.41, 5.74) is 3.20. The first-order valence-electron chi connectivity index (χ1n) is 13.1. The summed E-state index contributed by atoms with van der Waals surface area (Å²) in [6.45, 7) is 3.85. The van der Waals surface area contributed by atoms with Crippen LogP contribution in [0.1, 0.15) is 82.5 Å². The lowest BCUT2D eigenvalue weighted by atomic mass is 10.1. The van der Waals surface area contributed by atoms with Gasteiger partial charge in [-0.1, -0.05) is 101 Å². The van der Waals surface area contributed by atoms with E-state index in [0.717, 1.165) is 29.9 Å². The minimum absolute atomic E-state index is 0.0275. The Bertz CT molecular complexity index is 996. The minimum atomic E-state index is 0.0275. The van der Waals surface area contributed by atoms with Crippen molar-refractivity contribution in [3.05, 3.63) is 64.9 Å². The summed E-state index contributed by atoms with van der Waals surface area (Å²) in [5, 5.41) is 3.73. The maximum atomic E-state index is 12.3. The normalized spacial score (nSPS) is 11.2. The highest BCUT2D eigenvalue weighted by Crippen LogP contribution is 2.18. The van der Waals surface area contributed by atoms with Crippen molar-refractivity contribution in [2.75, 3.05) is 6.54 Å². The second kappa shape index (κ2) is 14.8. The molecule has 0 saturated heterocycles. The molecule has 0 spiro atoms. The van der Waals surface area contributed by atoms with Crippen molar-refractivity contribution in [3.63, 3.8) is 0 Å². The smallest absolute Gasteiger partial charge is 0.224 e. The van der Waals surface area contributed by atoms with Crippen LogP contribution in [-0.2, 0) is 24.2 Å². The first kappa shape index (κ1) is 26.3. The molecule has 0 bridgehead atoms. The zero-order chi connectivity index (χ0) is 24.0. The highest BCUT2D eigenvalue weighted by Gasteiger charge is 2.11. The zero-order valence-corrected chi connectivity index (χ0v) is 21.5. The van der Waals surface area contributed by atoms with Gasteiger partial charge in [0.1, 0.15) is 5.82 Å². The standard InChI is InChI=1S/C29H40ClN3O/c1-2-3-4-5-6-7-8-9-10-13-22-33-27-15-12-11-14-26(27)32-28(33)20-21-31-29(34)23-24-16-18-25(30)19-17-24/h11-12,14-19H,2-10,13,20-23H2,1H3,(H,31,34). The molecule has 0 aliphatic heterocycles. The predicted octanol–water partition coefficient (Wildman–Crippen LogP) is 7.51. The highest BCUT2D eigenvalue weighted by atomic mass is 35.5. The third kappa shape index (κ3) is 8.79. The number of nitrogens with zero attached hydrogens (tertiary/aromatic N) is 2. The number of aromatic nitrogens is 2. The van der Waals surface area contributed by atoms with Crippen LogP contribution in [0.25, 0.3) is 11.0 Å². The molecule has 1 amide bonds. The quantitative estimate of drug-likeness (QED) is 0.215. The summed E-state index contributed by atoms with van der Waals surface area (Å²) >= 11 is 5.93. The number of amides is 1. The van der Waals surface area contributed by atoms with Crippen LogP contribution in [0.3, 0.4) is 0 Å². The summed E-state index contributed by atoms with van der Waals surface area (Å²) in [6.07, 6.45) is 14.5. The second-order valence-corrected chi connectivity index (χ2v) is 9.69. The van der Waals surface area contributed by atoms with Gasteiger partial charge in [0.15, 0.2) is 0 Å². The summed E-state index contributed by atoms with van der Waals surface area (Å²) in [4.78, 5) is 17.2. The van der Waals surface area contributed by atoms with Crippen LogP contribution in [0.15, 0.2) is 48.5 Å². The molecule has 0 atom stereocenters. The number of unbranched alkanes of at least 4 members (excludes halogenated alkanes) is 9. The average Bonchev–Trinajstić information content (AvgIpc) is 3.19. The predicted molar refractivity (Wildman–Crippen MR) is 143 cm³/mol. The molecule has 0 radical (unpaired) electrons. The number of halogens is 1. The molecular weight excluding hydrogens is 442 g/mol. The third-order valence-electron chi connectivity index (χ3n) is 6.42. The molecule has 0 saturated carbocycles. The summed E-state index contributed by atoms with van der Waals surface area (Å²) in [6, 6.07) is 15.8. The van der Waals surface area contributed by atoms with Crippen molar-refractivity contribution >= 4 is 28.5 Å². The Morgan fingerprint density at radius 3 is 2.24 bits per heavy atom. The minimum Gasteiger partial charge on any atom is -0.355 e. The van der Waals surface area contributed by atoms with Gasteiger partial charge in [-0.2, -0.15) is 0 Å². The van der Waals surface area contributed by atoms with E-state index in [1.54, 1.807) is 0 Å². The van der Waals surface area contributed by atoms with Crippen molar-refractivity contribution < 1.29 is 4.79 Å². The van der Waals surface area contributed by atoms with E-state index in [1.807, 2.05) is 30.3 Å². The van der Waals surface area contributed by atoms with Gasteiger partial charge in [0.25, 0.3) is 0 Å². The van der Waals surface area contributed by atoms with Gasteiger partial charge >= 0.3 is 0 Å². The molecule has 3 aromatic rings. The molecule has 184 valence electrons. The van der Waals surface area contributed by atoms with Crippen LogP contribution >= 0.6 is 11.6 Å². The molecule has 0 unspecified atom stereocenters. The molecule has 5 heteroatoms. The van der Waals surface area contributed by atoms with Gasteiger partial charge in [-0.15, -0.1) is 0 Å². The SMILES string of the molecule is CCCCCCCCCCCCn1c(CCNC(=O)Cc2ccc(Cl)cc2)nc2ccccc21. The lowest BCUT2D eigenvalue weighted by molar-refractivity contribution is -0.120. The number of hydrogen-bond donors (Lipinski definition) is 1. The Kier molecular flexibility index (Phi) is 11.5. The fraction of sp³-hybridized carbons (Fsp3) is 0.517. The largest absolute Gasteiger partial charge is 0.355 e. The number of fused-ring (bicyclic) bond motifs is 1. The van der Waals surface area contributed by atoms with Crippen LogP contribution in [0, 0.1) is 0 Å². The van der Waals surface area contributed by atoms with E-state index in [2.05, 4.69) is 35.0 Å². The van der Waals surface area contributed by atoms with Crippen molar-refractivity contribution in [1.82, 2.24) is 14.9 Å². The van der Waals surface area contributed by atoms with Gasteiger partial charge < -0.3 is 9.88 Å². The lowest BCUT2D eigenvalue weighted by Gasteiger charge is -2.10. The number of carbonyl (C=O) groups excluding carboxylic acids is 1. The number of imidazole rings is 1. The first-order valence-corrected chi connectivity index (χ1v) is 13.5. The molecular formula is C29H40ClN3O. The average molecular weight is 482 g/mol. The monoisotopic (exact) mass is 481 g/mol. The Morgan fingerprint density at radius 2 is 1.53 bits per heavy atom. The first-order chi connectivity index (χ1) is 16.7. The zero-order valence-electron chi connectivity index (χ0n) is 20.7. The van der Waals surface area contributed by atoms with E-state index in [-0.39, 0.29) is 5.91 Å². The van der Waals surface area contributed by atoms with Crippen LogP contribution in [0.5, 0.6) is 0 Å². The van der Waals surface area contributed by atoms with Gasteiger partial charge in [0.05, 0.1) is 17.5 Å². The van der Waals surface area contributed by atoms with Gasteiger partial charge in [-0.05, 0) is 36.2 Å². The summed E-state index contributed by atoms with van der Waals surface area (Å²) < 4.78 is 2.35. The number of carbonyl (C=O) groups is 1. The number of para-hydroxylation sites is 2. The number of nitrogens with one attached hydrogen (secondary N) is 1. The molecule has 0 aliphatic rings. The van der Waals surface area contributed by atoms with Crippen molar-refractivity contribution in [1.29, 1.82) is 0 Å². The maximum Gasteiger partial charge on any atom is 0.224 e. The van der Waals surface area contributed by atoms with E-state index in [1.165, 1.54) is 69.7 Å². The van der Waals surface area contributed by atoms with E-state index in [4.69, 9.17) is 16.6 Å². The van der Waals surface area contributed by atoms with Crippen molar-refractivity contribution in [2.45, 2.75) is 90.5 Å². The molecule has 4 nitrogen and oxygen atoms in total. The van der Waals surface area contributed by atoms with E-state index >= 15 is 0 Å². The fourth-order valence-corrected chi connectivity index (χ4v) is 4.61. The number of rotatable bonds is 16. The van der Waals surface area contributed by atoms with Crippen LogP contribution < -0.4 is 5.32 Å². The van der Waals surface area contributed by atoms with Crippen molar-refractivity contribution in [3.8, 4) is 0 Å². The highest BCUT2D eigenvalue weighted by molar-refractivity contribution is 6.30. The molecule has 1 heterocycles. The third-order valence-corrected chi connectivity index (χ3v) is 6.67. The van der Waals surface area contributed by atoms with Crippen LogP contribution in [0.2, 0.25) is 5.02 Å². The van der Waals surface area contributed by atoms with E-state index in [0.29, 0.717) is 18.0 Å². The van der Waals surface area contributed by atoms with Crippen molar-refractivity contribution in [2.24, 2.45) is 0 Å². The van der Waals surface area contributed by atoms with Gasteiger partial charge in [0.2, 0.25) is 5.91 Å². The molecule has 0 aliphatic carbocycles. The van der Waals surface area contributed by atoms with Gasteiger partial charge in [0, 0.05) is 24.5 Å². The number of hydrogen-bond acceptors (Lipinski definition) is 2. The topological polar surface area (TPSA) is 46.9 Å². The van der Waals surface area contributed by atoms with Crippen LogP contribution in [0.4, 0.5) is 0 Å². The summed E-state index contributed by atoms with van der Waals surface area (Å²) in [7, 11) is 0. The molecule has 34 heavy (non-hydrogen) atoms. The number of benzene rings is 2. The fourth-order valence-electron chi connectivity index (χ4n) is 4.49. The molecule has 0 fully saturated rings. The van der Waals surface area contributed by atoms with E-state index < -0.39 is 0 Å². The Hall–Kier alpha value is -2.33. The van der Waals surface area contributed by atoms with Crippen LogP contribution in [-0.4, -0.2) is 22.0 Å². The second-order valence-electron chi connectivity index (χ2n) is 9.25. The maximum absolute atomic E-state index is 12.3. The Balaban J connectivity index is 1.43. The molecule has 3 rings (SSSR count). The van der Waals surface area contributed by atoms with E-state index in [9.17, 15) is 4.79 Å². The van der Waals surface area contributed by atoms with Gasteiger partial charge in [-0.25, -0.2) is 4.98 Å². The Labute approximate surface area is 210 Å². The Morgan fingerprint density at radius 1 is 0.882 bits per heavy atom. The molecule has 1 N–H and O–H groups in total. The molecule has 2 aromatic carbocycles. The number of aryl methyl sites for hydroxylation is 1. The molecule has 1 aromatic heterocycles. The van der Waals surface area contributed by atoms with Gasteiger partial charge in [-0.3, -0.25) is 4.79 Å². The summed E-state index contributed by atoms with van der Waals surface area (Å²) in [5.74, 6) is 1.09. The lowest BCUT2D eigenvalue weighted by Crippen LogP contribution is -2.28.